The molecule has 3 aromatic rings. The summed E-state index contributed by atoms with van der Waals surface area (Å²) in [7, 11) is 0. The molecule has 118 valence electrons. The van der Waals surface area contributed by atoms with Gasteiger partial charge in [-0.25, -0.2) is 0 Å². The first-order valence-electron chi connectivity index (χ1n) is 8.23. The Morgan fingerprint density at radius 3 is 2.61 bits per heavy atom. The van der Waals surface area contributed by atoms with Gasteiger partial charge < -0.3 is 9.47 Å². The first-order chi connectivity index (χ1) is 11.3. The van der Waals surface area contributed by atoms with Crippen molar-refractivity contribution < 1.29 is 4.79 Å². The second-order valence-corrected chi connectivity index (χ2v) is 7.07. The summed E-state index contributed by atoms with van der Waals surface area (Å²) < 4.78 is 3.37. The standard InChI is InChI=1S/C19H20N2OS/c22-19(20-10-5-2-6-11-20)17-13-18-16(9-12-23-18)21(17)14-15-7-3-1-4-8-15/h1,3-4,7-9,12-13H,2,5-6,10-11,14H2. The average molecular weight is 324 g/mol. The molecule has 3 nitrogen and oxygen atoms in total. The van der Waals surface area contributed by atoms with Gasteiger partial charge in [0.05, 0.1) is 10.2 Å². The summed E-state index contributed by atoms with van der Waals surface area (Å²) in [5, 5.41) is 2.10. The SMILES string of the molecule is O=C(c1cc2sccc2n1Cc1ccccc1)N1CCCCC1. The van der Waals surface area contributed by atoms with Crippen molar-refractivity contribution in [1.29, 1.82) is 0 Å². The van der Waals surface area contributed by atoms with Gasteiger partial charge in [0.2, 0.25) is 0 Å². The van der Waals surface area contributed by atoms with E-state index in [0.717, 1.165) is 38.2 Å². The quantitative estimate of drug-likeness (QED) is 0.702. The molecule has 0 bridgehead atoms. The highest BCUT2D eigenvalue weighted by molar-refractivity contribution is 7.17. The molecule has 1 aliphatic heterocycles. The topological polar surface area (TPSA) is 25.2 Å². The van der Waals surface area contributed by atoms with E-state index in [4.69, 9.17) is 0 Å². The second kappa shape index (κ2) is 6.20. The minimum absolute atomic E-state index is 0.184. The van der Waals surface area contributed by atoms with E-state index < -0.39 is 0 Å². The van der Waals surface area contributed by atoms with Crippen LogP contribution in [0, 0.1) is 0 Å². The van der Waals surface area contributed by atoms with Crippen LogP contribution in [-0.4, -0.2) is 28.5 Å². The zero-order valence-corrected chi connectivity index (χ0v) is 13.9. The number of aromatic nitrogens is 1. The lowest BCUT2D eigenvalue weighted by molar-refractivity contribution is 0.0714. The van der Waals surface area contributed by atoms with Crippen LogP contribution in [-0.2, 0) is 6.54 Å². The first kappa shape index (κ1) is 14.5. The summed E-state index contributed by atoms with van der Waals surface area (Å²) in [6, 6.07) is 14.6. The summed E-state index contributed by atoms with van der Waals surface area (Å²) in [4.78, 5) is 15.0. The summed E-state index contributed by atoms with van der Waals surface area (Å²) >= 11 is 1.71. The Labute approximate surface area is 140 Å². The van der Waals surface area contributed by atoms with Gasteiger partial charge in [-0.3, -0.25) is 4.79 Å². The summed E-state index contributed by atoms with van der Waals surface area (Å²) in [6.07, 6.45) is 3.49. The number of hydrogen-bond acceptors (Lipinski definition) is 2. The van der Waals surface area contributed by atoms with Crippen molar-refractivity contribution in [3.05, 3.63) is 59.1 Å². The molecule has 0 atom stereocenters. The largest absolute Gasteiger partial charge is 0.337 e. The fourth-order valence-corrected chi connectivity index (χ4v) is 4.17. The van der Waals surface area contributed by atoms with Crippen molar-refractivity contribution >= 4 is 27.5 Å². The second-order valence-electron chi connectivity index (χ2n) is 6.12. The third kappa shape index (κ3) is 2.79. The van der Waals surface area contributed by atoms with Crippen LogP contribution in [0.15, 0.2) is 47.8 Å². The maximum absolute atomic E-state index is 13.0. The van der Waals surface area contributed by atoms with Crippen molar-refractivity contribution in [2.75, 3.05) is 13.1 Å². The van der Waals surface area contributed by atoms with Crippen LogP contribution in [0.5, 0.6) is 0 Å². The number of fused-ring (bicyclic) bond motifs is 1. The van der Waals surface area contributed by atoms with Gasteiger partial charge in [0.25, 0.3) is 5.91 Å². The van der Waals surface area contributed by atoms with Crippen LogP contribution in [0.25, 0.3) is 10.2 Å². The Hall–Kier alpha value is -2.07. The molecule has 0 radical (unpaired) electrons. The third-order valence-corrected chi connectivity index (χ3v) is 5.42. The molecule has 1 fully saturated rings. The van der Waals surface area contributed by atoms with Crippen molar-refractivity contribution in [1.82, 2.24) is 9.47 Å². The molecule has 0 unspecified atom stereocenters. The van der Waals surface area contributed by atoms with Gasteiger partial charge in [-0.1, -0.05) is 30.3 Å². The zero-order valence-electron chi connectivity index (χ0n) is 13.1. The van der Waals surface area contributed by atoms with Gasteiger partial charge in [-0.2, -0.15) is 0 Å². The number of rotatable bonds is 3. The highest BCUT2D eigenvalue weighted by Gasteiger charge is 2.23. The number of carbonyl (C=O) groups is 1. The average Bonchev–Trinajstić information content (AvgIpc) is 3.19. The first-order valence-corrected chi connectivity index (χ1v) is 9.11. The number of piperidine rings is 1. The Balaban J connectivity index is 1.72. The summed E-state index contributed by atoms with van der Waals surface area (Å²) in [5.74, 6) is 0.184. The van der Waals surface area contributed by atoms with E-state index in [1.165, 1.54) is 22.2 Å². The van der Waals surface area contributed by atoms with Gasteiger partial charge in [-0.05, 0) is 42.3 Å². The number of likely N-dealkylation sites (tertiary alicyclic amines) is 1. The summed E-state index contributed by atoms with van der Waals surface area (Å²) in [5.41, 5.74) is 3.22. The van der Waals surface area contributed by atoms with Crippen LogP contribution < -0.4 is 0 Å². The van der Waals surface area contributed by atoms with E-state index in [1.54, 1.807) is 11.3 Å². The normalized spacial score (nSPS) is 15.2. The molecule has 0 aliphatic carbocycles. The van der Waals surface area contributed by atoms with E-state index in [9.17, 15) is 4.79 Å². The molecular weight excluding hydrogens is 304 g/mol. The Morgan fingerprint density at radius 1 is 1.04 bits per heavy atom. The molecule has 0 saturated carbocycles. The van der Waals surface area contributed by atoms with Crippen LogP contribution in [0.2, 0.25) is 0 Å². The molecule has 0 N–H and O–H groups in total. The van der Waals surface area contributed by atoms with Crippen molar-refractivity contribution in [2.45, 2.75) is 25.8 Å². The van der Waals surface area contributed by atoms with Gasteiger partial charge in [0.15, 0.2) is 0 Å². The predicted octanol–water partition coefficient (Wildman–Crippen LogP) is 4.38. The lowest BCUT2D eigenvalue weighted by Gasteiger charge is -2.27. The van der Waals surface area contributed by atoms with Gasteiger partial charge in [0, 0.05) is 19.6 Å². The maximum atomic E-state index is 13.0. The number of nitrogens with zero attached hydrogens (tertiary/aromatic N) is 2. The van der Waals surface area contributed by atoms with Crippen LogP contribution in [0.4, 0.5) is 0 Å². The van der Waals surface area contributed by atoms with E-state index >= 15 is 0 Å². The minimum atomic E-state index is 0.184. The molecule has 1 amide bonds. The predicted molar refractivity (Wildman–Crippen MR) is 95.1 cm³/mol. The lowest BCUT2D eigenvalue weighted by atomic mass is 10.1. The number of carbonyl (C=O) groups excluding carboxylic acids is 1. The Morgan fingerprint density at radius 2 is 1.83 bits per heavy atom. The Kier molecular flexibility index (Phi) is 3.92. The summed E-state index contributed by atoms with van der Waals surface area (Å²) in [6.45, 7) is 2.53. The lowest BCUT2D eigenvalue weighted by Crippen LogP contribution is -2.36. The highest BCUT2D eigenvalue weighted by Crippen LogP contribution is 2.27. The van der Waals surface area contributed by atoms with E-state index in [-0.39, 0.29) is 5.91 Å². The highest BCUT2D eigenvalue weighted by atomic mass is 32.1. The molecule has 2 aromatic heterocycles. The van der Waals surface area contributed by atoms with Crippen LogP contribution in [0.3, 0.4) is 0 Å². The van der Waals surface area contributed by atoms with Crippen molar-refractivity contribution in [3.63, 3.8) is 0 Å². The van der Waals surface area contributed by atoms with Gasteiger partial charge >= 0.3 is 0 Å². The third-order valence-electron chi connectivity index (χ3n) is 4.57. The molecule has 1 saturated heterocycles. The number of benzene rings is 1. The fraction of sp³-hybridized carbons (Fsp3) is 0.316. The smallest absolute Gasteiger partial charge is 0.270 e. The van der Waals surface area contributed by atoms with Crippen molar-refractivity contribution in [2.24, 2.45) is 0 Å². The number of thiophene rings is 1. The molecule has 1 aliphatic rings. The number of hydrogen-bond donors (Lipinski definition) is 0. The molecule has 0 spiro atoms. The van der Waals surface area contributed by atoms with E-state index in [1.807, 2.05) is 11.0 Å². The molecule has 23 heavy (non-hydrogen) atoms. The van der Waals surface area contributed by atoms with Crippen LogP contribution in [0.1, 0.15) is 35.3 Å². The fourth-order valence-electron chi connectivity index (χ4n) is 3.35. The Bertz CT molecular complexity index is 812. The molecular formula is C19H20N2OS. The molecule has 4 rings (SSSR count). The zero-order chi connectivity index (χ0) is 15.6. The molecule has 4 heteroatoms. The monoisotopic (exact) mass is 324 g/mol. The van der Waals surface area contributed by atoms with Crippen LogP contribution >= 0.6 is 11.3 Å². The van der Waals surface area contributed by atoms with E-state index in [0.29, 0.717) is 0 Å². The maximum Gasteiger partial charge on any atom is 0.270 e. The van der Waals surface area contributed by atoms with Gasteiger partial charge in [-0.15, -0.1) is 11.3 Å². The van der Waals surface area contributed by atoms with Gasteiger partial charge in [0.1, 0.15) is 5.69 Å². The molecule has 1 aromatic carbocycles. The van der Waals surface area contributed by atoms with Crippen molar-refractivity contribution in [3.8, 4) is 0 Å². The number of amides is 1. The minimum Gasteiger partial charge on any atom is -0.337 e. The van der Waals surface area contributed by atoms with E-state index in [2.05, 4.69) is 46.3 Å². The molecule has 3 heterocycles.